The van der Waals surface area contributed by atoms with Crippen molar-refractivity contribution in [2.75, 3.05) is 0 Å². The molecule has 1 aromatic heterocycles. The van der Waals surface area contributed by atoms with Gasteiger partial charge in [-0.2, -0.15) is 0 Å². The number of carbonyl (C=O) groups is 1. The minimum absolute atomic E-state index is 0.0362. The molecule has 84 valence electrons. The number of halogens is 2. The molecule has 0 saturated carbocycles. The lowest BCUT2D eigenvalue weighted by atomic mass is 9.94. The van der Waals surface area contributed by atoms with Crippen molar-refractivity contribution >= 4 is 17.3 Å². The summed E-state index contributed by atoms with van der Waals surface area (Å²) in [7, 11) is 0. The highest BCUT2D eigenvalue weighted by Crippen LogP contribution is 2.32. The van der Waals surface area contributed by atoms with Crippen molar-refractivity contribution in [2.24, 2.45) is 0 Å². The van der Waals surface area contributed by atoms with E-state index in [9.17, 15) is 13.6 Å². The van der Waals surface area contributed by atoms with Crippen molar-refractivity contribution in [3.8, 4) is 0 Å². The summed E-state index contributed by atoms with van der Waals surface area (Å²) in [5.41, 5.74) is 0.367. The highest BCUT2D eigenvalue weighted by Gasteiger charge is 2.19. The average Bonchev–Trinajstić information content (AvgIpc) is 2.66. The van der Waals surface area contributed by atoms with Gasteiger partial charge in [0, 0.05) is 23.4 Å². The van der Waals surface area contributed by atoms with Gasteiger partial charge < -0.3 is 9.21 Å². The Labute approximate surface area is 90.9 Å². The molecule has 1 aromatic carbocycles. The lowest BCUT2D eigenvalue weighted by molar-refractivity contribution is -0.108. The van der Waals surface area contributed by atoms with Crippen LogP contribution in [-0.4, -0.2) is 6.29 Å². The number of hydrogen-bond donors (Lipinski definition) is 0. The molecule has 2 nitrogen and oxygen atoms in total. The van der Waals surface area contributed by atoms with Crippen LogP contribution in [0, 0.1) is 11.6 Å². The third-order valence-electron chi connectivity index (χ3n) is 2.63. The normalized spacial score (nSPS) is 12.9. The van der Waals surface area contributed by atoms with E-state index < -0.39 is 11.6 Å². The SMILES string of the molecule is CC(CC=O)c1c(F)cc(F)c2occc12. The van der Waals surface area contributed by atoms with E-state index >= 15 is 0 Å². The zero-order valence-electron chi connectivity index (χ0n) is 8.67. The Balaban J connectivity index is 2.67. The van der Waals surface area contributed by atoms with Crippen LogP contribution in [0.5, 0.6) is 0 Å². The first kappa shape index (κ1) is 10.8. The maximum Gasteiger partial charge on any atom is 0.169 e. The molecule has 0 bridgehead atoms. The van der Waals surface area contributed by atoms with Crippen LogP contribution in [0.4, 0.5) is 8.78 Å². The summed E-state index contributed by atoms with van der Waals surface area (Å²) < 4.78 is 31.9. The second kappa shape index (κ2) is 4.04. The molecule has 2 rings (SSSR count). The Morgan fingerprint density at radius 2 is 2.19 bits per heavy atom. The highest BCUT2D eigenvalue weighted by molar-refractivity contribution is 5.82. The van der Waals surface area contributed by atoms with E-state index in [1.165, 1.54) is 12.3 Å². The molecular weight excluding hydrogens is 214 g/mol. The molecule has 1 atom stereocenters. The zero-order chi connectivity index (χ0) is 11.7. The van der Waals surface area contributed by atoms with E-state index in [1.807, 2.05) is 0 Å². The first-order valence-electron chi connectivity index (χ1n) is 4.94. The Kier molecular flexibility index (Phi) is 2.73. The molecule has 0 saturated heterocycles. The zero-order valence-corrected chi connectivity index (χ0v) is 8.67. The summed E-state index contributed by atoms with van der Waals surface area (Å²) >= 11 is 0. The topological polar surface area (TPSA) is 30.2 Å². The Bertz CT molecular complexity index is 531. The number of rotatable bonds is 3. The third kappa shape index (κ3) is 1.60. The molecule has 16 heavy (non-hydrogen) atoms. The van der Waals surface area contributed by atoms with Crippen LogP contribution < -0.4 is 0 Å². The third-order valence-corrected chi connectivity index (χ3v) is 2.63. The van der Waals surface area contributed by atoms with Gasteiger partial charge in [0.25, 0.3) is 0 Å². The van der Waals surface area contributed by atoms with Crippen LogP contribution in [0.25, 0.3) is 11.0 Å². The number of carbonyl (C=O) groups excluding carboxylic acids is 1. The molecule has 0 N–H and O–H groups in total. The molecule has 1 unspecified atom stereocenters. The van der Waals surface area contributed by atoms with Gasteiger partial charge in [-0.15, -0.1) is 0 Å². The number of benzene rings is 1. The maximum absolute atomic E-state index is 13.6. The molecule has 4 heteroatoms. The lowest BCUT2D eigenvalue weighted by Gasteiger charge is -2.10. The van der Waals surface area contributed by atoms with Crippen molar-refractivity contribution in [3.63, 3.8) is 0 Å². The minimum atomic E-state index is -0.723. The van der Waals surface area contributed by atoms with Crippen molar-refractivity contribution in [1.82, 2.24) is 0 Å². The van der Waals surface area contributed by atoms with Gasteiger partial charge in [-0.1, -0.05) is 6.92 Å². The maximum atomic E-state index is 13.6. The molecule has 0 aliphatic heterocycles. The van der Waals surface area contributed by atoms with E-state index in [0.717, 1.165) is 12.4 Å². The molecule has 1 heterocycles. The molecule has 0 aliphatic rings. The fraction of sp³-hybridized carbons (Fsp3) is 0.250. The van der Waals surface area contributed by atoms with Gasteiger partial charge in [0.1, 0.15) is 12.1 Å². The van der Waals surface area contributed by atoms with E-state index in [4.69, 9.17) is 4.42 Å². The van der Waals surface area contributed by atoms with Crippen LogP contribution in [0.15, 0.2) is 22.8 Å². The van der Waals surface area contributed by atoms with Gasteiger partial charge in [0.15, 0.2) is 11.4 Å². The first-order valence-corrected chi connectivity index (χ1v) is 4.94. The standard InChI is InChI=1S/C12H10F2O2/c1-7(2-4-15)11-8-3-5-16-12(8)10(14)6-9(11)13/h3-7H,2H2,1H3. The summed E-state index contributed by atoms with van der Waals surface area (Å²) in [6.45, 7) is 1.72. The molecule has 0 fully saturated rings. The molecule has 0 radical (unpaired) electrons. The second-order valence-electron chi connectivity index (χ2n) is 3.72. The van der Waals surface area contributed by atoms with Crippen molar-refractivity contribution in [1.29, 1.82) is 0 Å². The van der Waals surface area contributed by atoms with Crippen molar-refractivity contribution < 1.29 is 18.0 Å². The predicted molar refractivity (Wildman–Crippen MR) is 55.2 cm³/mol. The summed E-state index contributed by atoms with van der Waals surface area (Å²) in [4.78, 5) is 10.4. The van der Waals surface area contributed by atoms with E-state index in [0.29, 0.717) is 10.9 Å². The monoisotopic (exact) mass is 224 g/mol. The summed E-state index contributed by atoms with van der Waals surface area (Å²) in [5.74, 6) is -1.65. The predicted octanol–water partition coefficient (Wildman–Crippen LogP) is 3.40. The van der Waals surface area contributed by atoms with Gasteiger partial charge in [0.05, 0.1) is 6.26 Å². The summed E-state index contributed by atoms with van der Waals surface area (Å²) in [5, 5.41) is 0.395. The Hall–Kier alpha value is -1.71. The molecule has 0 amide bonds. The van der Waals surface area contributed by atoms with Crippen molar-refractivity contribution in [3.05, 3.63) is 35.6 Å². The quantitative estimate of drug-likeness (QED) is 0.748. The summed E-state index contributed by atoms with van der Waals surface area (Å²) in [6.07, 6.45) is 2.23. The average molecular weight is 224 g/mol. The van der Waals surface area contributed by atoms with Crippen LogP contribution in [0.3, 0.4) is 0 Å². The minimum Gasteiger partial charge on any atom is -0.461 e. The van der Waals surface area contributed by atoms with E-state index in [1.54, 1.807) is 6.92 Å². The van der Waals surface area contributed by atoms with Crippen molar-refractivity contribution in [2.45, 2.75) is 19.3 Å². The van der Waals surface area contributed by atoms with E-state index in [-0.39, 0.29) is 17.9 Å². The highest BCUT2D eigenvalue weighted by atomic mass is 19.1. The van der Waals surface area contributed by atoms with Crippen LogP contribution in [0.2, 0.25) is 0 Å². The van der Waals surface area contributed by atoms with Gasteiger partial charge >= 0.3 is 0 Å². The van der Waals surface area contributed by atoms with Crippen LogP contribution in [0.1, 0.15) is 24.8 Å². The first-order chi connectivity index (χ1) is 7.65. The van der Waals surface area contributed by atoms with Gasteiger partial charge in [-0.3, -0.25) is 0 Å². The summed E-state index contributed by atoms with van der Waals surface area (Å²) in [6, 6.07) is 2.31. The number of aldehydes is 1. The van der Waals surface area contributed by atoms with Gasteiger partial charge in [-0.25, -0.2) is 8.78 Å². The Morgan fingerprint density at radius 1 is 1.44 bits per heavy atom. The number of furan rings is 1. The van der Waals surface area contributed by atoms with E-state index in [2.05, 4.69) is 0 Å². The lowest BCUT2D eigenvalue weighted by Crippen LogP contribution is -2.00. The molecule has 0 spiro atoms. The smallest absolute Gasteiger partial charge is 0.169 e. The van der Waals surface area contributed by atoms with Gasteiger partial charge in [0.2, 0.25) is 0 Å². The fourth-order valence-electron chi connectivity index (χ4n) is 1.85. The largest absolute Gasteiger partial charge is 0.461 e. The number of fused-ring (bicyclic) bond motifs is 1. The molecule has 0 aliphatic carbocycles. The van der Waals surface area contributed by atoms with Crippen LogP contribution >= 0.6 is 0 Å². The second-order valence-corrected chi connectivity index (χ2v) is 3.72. The molecular formula is C12H10F2O2. The number of hydrogen-bond acceptors (Lipinski definition) is 2. The van der Waals surface area contributed by atoms with Crippen LogP contribution in [-0.2, 0) is 4.79 Å². The Morgan fingerprint density at radius 3 is 2.88 bits per heavy atom. The van der Waals surface area contributed by atoms with Gasteiger partial charge in [-0.05, 0) is 12.0 Å². The fourth-order valence-corrected chi connectivity index (χ4v) is 1.85. The molecule has 2 aromatic rings.